The van der Waals surface area contributed by atoms with Crippen LogP contribution in [0.1, 0.15) is 18.4 Å². The van der Waals surface area contributed by atoms with Gasteiger partial charge in [-0.1, -0.05) is 30.3 Å². The van der Waals surface area contributed by atoms with Crippen LogP contribution in [0.5, 0.6) is 0 Å². The second-order valence-electron chi connectivity index (χ2n) is 6.97. The summed E-state index contributed by atoms with van der Waals surface area (Å²) in [4.78, 5) is 21.4. The molecule has 0 bridgehead atoms. The summed E-state index contributed by atoms with van der Waals surface area (Å²) >= 11 is 0. The Morgan fingerprint density at radius 3 is 2.15 bits per heavy atom. The summed E-state index contributed by atoms with van der Waals surface area (Å²) in [7, 11) is 0. The Morgan fingerprint density at radius 2 is 1.53 bits per heavy atom. The van der Waals surface area contributed by atoms with Crippen molar-refractivity contribution in [2.45, 2.75) is 25.9 Å². The molecule has 2 aromatic heterocycles. The molecule has 2 heterocycles. The Hall–Kier alpha value is -4.18. The van der Waals surface area contributed by atoms with E-state index in [0.717, 1.165) is 5.56 Å². The van der Waals surface area contributed by atoms with E-state index in [1.54, 1.807) is 58.2 Å². The highest BCUT2D eigenvalue weighted by molar-refractivity contribution is 5.99. The average molecular weight is 483 g/mol. The lowest BCUT2D eigenvalue weighted by Crippen LogP contribution is -3.00. The van der Waals surface area contributed by atoms with E-state index in [0.29, 0.717) is 30.0 Å². The lowest BCUT2D eigenvalue weighted by molar-refractivity contribution is -0.695. The number of aryl methyl sites for hydroxylation is 2. The van der Waals surface area contributed by atoms with Crippen LogP contribution in [0.15, 0.2) is 99.8 Å². The molecule has 0 spiro atoms. The lowest BCUT2D eigenvalue weighted by atomic mass is 10.2. The van der Waals surface area contributed by atoms with Gasteiger partial charge in [0.15, 0.2) is 18.9 Å². The van der Waals surface area contributed by atoms with E-state index < -0.39 is 11.9 Å². The first-order chi connectivity index (χ1) is 16.0. The summed E-state index contributed by atoms with van der Waals surface area (Å²) < 4.78 is 3.51. The van der Waals surface area contributed by atoms with Crippen molar-refractivity contribution in [2.75, 3.05) is 0 Å². The number of aliphatic carboxylic acids is 2. The van der Waals surface area contributed by atoms with Crippen LogP contribution in [0.4, 0.5) is 5.69 Å². The smallest absolute Gasteiger partial charge is 0.309 e. The molecule has 0 saturated heterocycles. The number of aromatic nitrogens is 2. The molecular formula is C23H23ClN6O4. The van der Waals surface area contributed by atoms with E-state index in [4.69, 9.17) is 10.2 Å². The number of hydrogen-bond acceptors (Lipinski definition) is 5. The van der Waals surface area contributed by atoms with Crippen molar-refractivity contribution in [3.05, 3.63) is 90.3 Å². The number of hydrogen-bond donors (Lipinski definition) is 2. The van der Waals surface area contributed by atoms with Crippen molar-refractivity contribution in [3.8, 4) is 0 Å². The third-order valence-electron chi connectivity index (χ3n) is 4.47. The second-order valence-corrected chi connectivity index (χ2v) is 6.97. The van der Waals surface area contributed by atoms with Crippen LogP contribution in [-0.4, -0.2) is 32.6 Å². The molecule has 10 nitrogen and oxygen atoms in total. The van der Waals surface area contributed by atoms with Gasteiger partial charge < -0.3 is 27.2 Å². The van der Waals surface area contributed by atoms with Crippen LogP contribution in [0.25, 0.3) is 0 Å². The maximum Gasteiger partial charge on any atom is 0.309 e. The van der Waals surface area contributed by atoms with Gasteiger partial charge in [-0.25, -0.2) is 4.57 Å². The maximum absolute atomic E-state index is 10.7. The lowest BCUT2D eigenvalue weighted by Gasteiger charge is -2.02. The Bertz CT molecular complexity index is 1200. The molecule has 0 amide bonds. The zero-order chi connectivity index (χ0) is 23.5. The Balaban J connectivity index is 0.00000408. The highest BCUT2D eigenvalue weighted by Gasteiger charge is 2.06. The number of carboxylic acid groups (broad SMARTS) is 2. The molecule has 0 fully saturated rings. The molecule has 2 N–H and O–H groups in total. The van der Waals surface area contributed by atoms with Crippen molar-refractivity contribution in [2.24, 2.45) is 20.4 Å². The van der Waals surface area contributed by atoms with Gasteiger partial charge in [0, 0.05) is 36.6 Å². The van der Waals surface area contributed by atoms with Crippen LogP contribution >= 0.6 is 0 Å². The largest absolute Gasteiger partial charge is 1.00 e. The number of rotatable bonds is 9. The second kappa shape index (κ2) is 13.4. The average Bonchev–Trinajstić information content (AvgIpc) is 2.83. The topological polar surface area (TPSA) is 133 Å². The van der Waals surface area contributed by atoms with Crippen molar-refractivity contribution < 1.29 is 36.8 Å². The third kappa shape index (κ3) is 8.75. The number of azo groups is 1. The highest BCUT2D eigenvalue weighted by atomic mass is 35.5. The molecule has 0 aliphatic rings. The predicted molar refractivity (Wildman–Crippen MR) is 119 cm³/mol. The number of carbonyl (C=O) groups is 2. The van der Waals surface area contributed by atoms with Gasteiger partial charge in [0.1, 0.15) is 6.42 Å². The normalized spacial score (nSPS) is 11.1. The highest BCUT2D eigenvalue weighted by Crippen LogP contribution is 2.11. The molecule has 0 saturated carbocycles. The number of carboxylic acids is 2. The summed E-state index contributed by atoms with van der Waals surface area (Å²) in [5.41, 5.74) is 1.33. The fraction of sp³-hybridized carbons (Fsp3) is 0.174. The molecule has 0 radical (unpaired) electrons. The first kappa shape index (κ1) is 26.1. The molecule has 34 heavy (non-hydrogen) atoms. The minimum atomic E-state index is -0.854. The summed E-state index contributed by atoms with van der Waals surface area (Å²) in [6.07, 6.45) is 7.04. The predicted octanol–water partition coefficient (Wildman–Crippen LogP) is -0.225. The molecule has 3 rings (SSSR count). The molecule has 3 aromatic rings. The molecule has 176 valence electrons. The van der Waals surface area contributed by atoms with Crippen LogP contribution in [0, 0.1) is 0 Å². The van der Waals surface area contributed by atoms with Gasteiger partial charge in [0.25, 0.3) is 0 Å². The van der Waals surface area contributed by atoms with Crippen molar-refractivity contribution in [3.63, 3.8) is 0 Å². The summed E-state index contributed by atoms with van der Waals surface area (Å²) in [6.45, 7) is 0.742. The maximum atomic E-state index is 10.7. The van der Waals surface area contributed by atoms with E-state index in [1.165, 1.54) is 0 Å². The van der Waals surface area contributed by atoms with Gasteiger partial charge in [0.05, 0.1) is 17.5 Å². The van der Waals surface area contributed by atoms with Crippen LogP contribution in [0.3, 0.4) is 0 Å². The van der Waals surface area contributed by atoms with Gasteiger partial charge in [-0.05, 0) is 12.1 Å². The third-order valence-corrected chi connectivity index (χ3v) is 4.47. The van der Waals surface area contributed by atoms with Crippen molar-refractivity contribution in [1.82, 2.24) is 4.57 Å². The number of benzene rings is 1. The Labute approximate surface area is 201 Å². The molecule has 0 atom stereocenters. The van der Waals surface area contributed by atoms with Gasteiger partial charge in [0.2, 0.25) is 5.84 Å². The fourth-order valence-electron chi connectivity index (χ4n) is 2.71. The quantitative estimate of drug-likeness (QED) is 0.143. The molecule has 0 aliphatic heterocycles. The van der Waals surface area contributed by atoms with E-state index in [2.05, 4.69) is 20.4 Å². The zero-order valence-electron chi connectivity index (χ0n) is 18.1. The van der Waals surface area contributed by atoms with Crippen LogP contribution in [0.2, 0.25) is 0 Å². The number of halogens is 1. The molecular weight excluding hydrogens is 460 g/mol. The number of amidine groups is 1. The minimum Gasteiger partial charge on any atom is -1.00 e. The number of pyridine rings is 2. The van der Waals surface area contributed by atoms with Gasteiger partial charge in [-0.15, -0.1) is 20.4 Å². The van der Waals surface area contributed by atoms with Gasteiger partial charge in [-0.3, -0.25) is 9.59 Å². The van der Waals surface area contributed by atoms with Crippen LogP contribution < -0.4 is 22.3 Å². The van der Waals surface area contributed by atoms with E-state index >= 15 is 0 Å². The first-order valence-corrected chi connectivity index (χ1v) is 10.2. The number of nitrogens with zero attached hydrogens (tertiary/aromatic N) is 6. The molecule has 11 heteroatoms. The summed E-state index contributed by atoms with van der Waals surface area (Å²) in [5, 5.41) is 35.1. The monoisotopic (exact) mass is 482 g/mol. The minimum absolute atomic E-state index is 0. The van der Waals surface area contributed by atoms with Crippen molar-refractivity contribution >= 4 is 23.5 Å². The van der Waals surface area contributed by atoms with E-state index in [9.17, 15) is 9.59 Å². The van der Waals surface area contributed by atoms with Gasteiger partial charge in [-0.2, -0.15) is 0 Å². The summed E-state index contributed by atoms with van der Waals surface area (Å²) in [6, 6.07) is 16.2. The Morgan fingerprint density at radius 1 is 0.882 bits per heavy atom. The van der Waals surface area contributed by atoms with Gasteiger partial charge >= 0.3 is 11.9 Å². The fourth-order valence-corrected chi connectivity index (χ4v) is 2.71. The van der Waals surface area contributed by atoms with E-state index in [-0.39, 0.29) is 25.2 Å². The SMILES string of the molecule is O=C(O)CCn1ccc(=NN=C(N=Nc2cc[n+](CCC(=O)O)cc2)c2ccccc2)cc1.[Cl-]. The zero-order valence-corrected chi connectivity index (χ0v) is 18.9. The van der Waals surface area contributed by atoms with Crippen LogP contribution in [-0.2, 0) is 22.7 Å². The van der Waals surface area contributed by atoms with E-state index in [1.807, 2.05) is 30.3 Å². The standard InChI is InChI=1S/C23H22N6O4.ClH/c30-21(31)10-16-28-12-6-19(7-13-28)24-26-23(18-4-2-1-3-5-18)27-25-20-8-14-29(15-9-20)17-11-22(32)33;/h1-9,12-15H,10-11,16-17H2,(H-,30,31,32,33);1H. The molecule has 0 aliphatic carbocycles. The summed E-state index contributed by atoms with van der Waals surface area (Å²) in [5.74, 6) is -1.39. The Kier molecular flexibility index (Phi) is 10.3. The first-order valence-electron chi connectivity index (χ1n) is 10.2. The molecule has 0 unspecified atom stereocenters. The molecule has 1 aromatic carbocycles. The van der Waals surface area contributed by atoms with Crippen molar-refractivity contribution in [1.29, 1.82) is 0 Å².